The van der Waals surface area contributed by atoms with Gasteiger partial charge in [-0.15, -0.1) is 0 Å². The fraction of sp³-hybridized carbons (Fsp3) is 0.0909. The highest BCUT2D eigenvalue weighted by atomic mass is 79.9. The Labute approximate surface area is 116 Å². The summed E-state index contributed by atoms with van der Waals surface area (Å²) in [7, 11) is 1.30. The SMILES string of the molecule is COC(=O)c1cnc(Sc2ncccc2Br)cn1. The van der Waals surface area contributed by atoms with E-state index in [0.717, 1.165) is 9.50 Å². The molecule has 0 aliphatic heterocycles. The van der Waals surface area contributed by atoms with Crippen molar-refractivity contribution in [3.8, 4) is 0 Å². The van der Waals surface area contributed by atoms with E-state index in [1.165, 1.54) is 31.3 Å². The summed E-state index contributed by atoms with van der Waals surface area (Å²) in [4.78, 5) is 23.5. The van der Waals surface area contributed by atoms with Crippen LogP contribution in [-0.2, 0) is 4.74 Å². The third kappa shape index (κ3) is 3.05. The number of carbonyl (C=O) groups is 1. The van der Waals surface area contributed by atoms with Gasteiger partial charge in [-0.25, -0.2) is 19.7 Å². The Balaban J connectivity index is 2.16. The van der Waals surface area contributed by atoms with Crippen molar-refractivity contribution in [2.75, 3.05) is 7.11 Å². The second-order valence-corrected chi connectivity index (χ2v) is 4.99. The molecule has 0 atom stereocenters. The summed E-state index contributed by atoms with van der Waals surface area (Å²) in [5.74, 6) is -0.502. The maximum Gasteiger partial charge on any atom is 0.358 e. The third-order valence-electron chi connectivity index (χ3n) is 1.95. The Morgan fingerprint density at radius 1 is 1.33 bits per heavy atom. The molecule has 2 aromatic rings. The zero-order chi connectivity index (χ0) is 13.0. The molecule has 0 N–H and O–H groups in total. The van der Waals surface area contributed by atoms with E-state index in [1.807, 2.05) is 12.1 Å². The molecule has 0 saturated heterocycles. The first-order valence-corrected chi connectivity index (χ1v) is 6.50. The summed E-state index contributed by atoms with van der Waals surface area (Å²) in [5, 5.41) is 1.44. The minimum Gasteiger partial charge on any atom is -0.464 e. The Hall–Kier alpha value is -1.47. The Bertz CT molecular complexity index is 562. The Morgan fingerprint density at radius 2 is 2.17 bits per heavy atom. The number of pyridine rings is 1. The smallest absolute Gasteiger partial charge is 0.358 e. The molecule has 92 valence electrons. The lowest BCUT2D eigenvalue weighted by Gasteiger charge is -2.02. The van der Waals surface area contributed by atoms with Gasteiger partial charge in [-0.3, -0.25) is 0 Å². The number of carbonyl (C=O) groups excluding carboxylic acids is 1. The van der Waals surface area contributed by atoms with E-state index in [9.17, 15) is 4.79 Å². The van der Waals surface area contributed by atoms with Gasteiger partial charge in [-0.1, -0.05) is 0 Å². The van der Waals surface area contributed by atoms with Crippen molar-refractivity contribution in [1.82, 2.24) is 15.0 Å². The van der Waals surface area contributed by atoms with Crippen molar-refractivity contribution in [3.05, 3.63) is 40.9 Å². The molecule has 2 heterocycles. The highest BCUT2D eigenvalue weighted by Crippen LogP contribution is 2.29. The second-order valence-electron chi connectivity index (χ2n) is 3.12. The van der Waals surface area contributed by atoms with Crippen molar-refractivity contribution in [1.29, 1.82) is 0 Å². The normalized spacial score (nSPS) is 10.1. The fourth-order valence-electron chi connectivity index (χ4n) is 1.12. The maximum absolute atomic E-state index is 11.2. The Kier molecular flexibility index (Phi) is 4.27. The van der Waals surface area contributed by atoms with Gasteiger partial charge in [0.25, 0.3) is 0 Å². The van der Waals surface area contributed by atoms with Gasteiger partial charge >= 0.3 is 5.97 Å². The van der Waals surface area contributed by atoms with E-state index >= 15 is 0 Å². The summed E-state index contributed by atoms with van der Waals surface area (Å²) in [6.07, 6.45) is 4.59. The topological polar surface area (TPSA) is 65.0 Å². The molecule has 18 heavy (non-hydrogen) atoms. The number of methoxy groups -OCH3 is 1. The van der Waals surface area contributed by atoms with Gasteiger partial charge < -0.3 is 4.74 Å². The average molecular weight is 326 g/mol. The van der Waals surface area contributed by atoms with Crippen LogP contribution < -0.4 is 0 Å². The van der Waals surface area contributed by atoms with Gasteiger partial charge in [0.05, 0.1) is 24.0 Å². The van der Waals surface area contributed by atoms with Gasteiger partial charge in [0, 0.05) is 6.20 Å². The van der Waals surface area contributed by atoms with Crippen LogP contribution >= 0.6 is 27.7 Å². The highest BCUT2D eigenvalue weighted by Gasteiger charge is 2.09. The highest BCUT2D eigenvalue weighted by molar-refractivity contribution is 9.10. The molecule has 0 saturated carbocycles. The summed E-state index contributed by atoms with van der Waals surface area (Å²) in [6.45, 7) is 0. The molecule has 7 heteroatoms. The van der Waals surface area contributed by atoms with Crippen molar-refractivity contribution < 1.29 is 9.53 Å². The van der Waals surface area contributed by atoms with E-state index in [4.69, 9.17) is 0 Å². The first kappa shape index (κ1) is 13.0. The van der Waals surface area contributed by atoms with Crippen LogP contribution in [0.25, 0.3) is 0 Å². The van der Waals surface area contributed by atoms with E-state index in [2.05, 4.69) is 35.6 Å². The molecule has 0 aliphatic carbocycles. The molecule has 0 unspecified atom stereocenters. The van der Waals surface area contributed by atoms with Crippen LogP contribution in [0.3, 0.4) is 0 Å². The molecule has 5 nitrogen and oxygen atoms in total. The van der Waals surface area contributed by atoms with Gasteiger partial charge in [-0.05, 0) is 39.8 Å². The van der Waals surface area contributed by atoms with Crippen molar-refractivity contribution in [2.24, 2.45) is 0 Å². The van der Waals surface area contributed by atoms with Crippen molar-refractivity contribution in [2.45, 2.75) is 10.1 Å². The van der Waals surface area contributed by atoms with E-state index in [1.54, 1.807) is 6.20 Å². The molecular weight excluding hydrogens is 318 g/mol. The summed E-state index contributed by atoms with van der Waals surface area (Å²) in [6, 6.07) is 3.73. The number of hydrogen-bond acceptors (Lipinski definition) is 6. The standard InChI is InChI=1S/C11H8BrN3O2S/c1-17-11(16)8-5-15-9(6-14-8)18-10-7(12)3-2-4-13-10/h2-6H,1H3. The molecule has 0 spiro atoms. The largest absolute Gasteiger partial charge is 0.464 e. The zero-order valence-electron chi connectivity index (χ0n) is 9.33. The van der Waals surface area contributed by atoms with E-state index in [-0.39, 0.29) is 5.69 Å². The monoisotopic (exact) mass is 325 g/mol. The third-order valence-corrected chi connectivity index (χ3v) is 3.79. The van der Waals surface area contributed by atoms with Crippen LogP contribution in [0.1, 0.15) is 10.5 Å². The zero-order valence-corrected chi connectivity index (χ0v) is 11.7. The predicted octanol–water partition coefficient (Wildman–Crippen LogP) is 2.57. The lowest BCUT2D eigenvalue weighted by atomic mass is 10.5. The minimum absolute atomic E-state index is 0.182. The number of nitrogens with zero attached hydrogens (tertiary/aromatic N) is 3. The molecule has 2 rings (SSSR count). The summed E-state index contributed by atoms with van der Waals surface area (Å²) < 4.78 is 5.43. The van der Waals surface area contributed by atoms with Gasteiger partial charge in [-0.2, -0.15) is 0 Å². The predicted molar refractivity (Wildman–Crippen MR) is 69.4 cm³/mol. The van der Waals surface area contributed by atoms with Gasteiger partial charge in [0.1, 0.15) is 10.1 Å². The van der Waals surface area contributed by atoms with Crippen molar-refractivity contribution in [3.63, 3.8) is 0 Å². The minimum atomic E-state index is -0.502. The molecule has 2 aromatic heterocycles. The second kappa shape index (κ2) is 5.92. The van der Waals surface area contributed by atoms with Crippen LogP contribution in [0.5, 0.6) is 0 Å². The molecule has 0 aliphatic rings. The first-order valence-electron chi connectivity index (χ1n) is 4.89. The molecular formula is C11H8BrN3O2S. The lowest BCUT2D eigenvalue weighted by molar-refractivity contribution is 0.0593. The number of aromatic nitrogens is 3. The number of rotatable bonds is 3. The number of halogens is 1. The maximum atomic E-state index is 11.2. The van der Waals surface area contributed by atoms with Crippen LogP contribution in [0.15, 0.2) is 45.2 Å². The van der Waals surface area contributed by atoms with Crippen LogP contribution in [0, 0.1) is 0 Å². The quantitative estimate of drug-likeness (QED) is 0.808. The first-order chi connectivity index (χ1) is 8.70. The number of esters is 1. The number of ether oxygens (including phenoxy) is 1. The molecule has 0 radical (unpaired) electrons. The van der Waals surface area contributed by atoms with Crippen LogP contribution in [0.4, 0.5) is 0 Å². The van der Waals surface area contributed by atoms with Gasteiger partial charge in [0.2, 0.25) is 0 Å². The molecule has 0 aromatic carbocycles. The molecule has 0 fully saturated rings. The van der Waals surface area contributed by atoms with Crippen LogP contribution in [-0.4, -0.2) is 28.0 Å². The van der Waals surface area contributed by atoms with Crippen molar-refractivity contribution >= 4 is 33.7 Å². The number of hydrogen-bond donors (Lipinski definition) is 0. The molecule has 0 amide bonds. The fourth-order valence-corrected chi connectivity index (χ4v) is 2.31. The van der Waals surface area contributed by atoms with E-state index in [0.29, 0.717) is 5.03 Å². The van der Waals surface area contributed by atoms with Crippen LogP contribution in [0.2, 0.25) is 0 Å². The lowest BCUT2D eigenvalue weighted by Crippen LogP contribution is -2.04. The molecule has 0 bridgehead atoms. The average Bonchev–Trinajstić information content (AvgIpc) is 2.41. The van der Waals surface area contributed by atoms with Gasteiger partial charge in [0.15, 0.2) is 5.69 Å². The summed E-state index contributed by atoms with van der Waals surface area (Å²) >= 11 is 4.76. The summed E-state index contributed by atoms with van der Waals surface area (Å²) in [5.41, 5.74) is 0.182. The Morgan fingerprint density at radius 3 is 2.78 bits per heavy atom. The van der Waals surface area contributed by atoms with E-state index < -0.39 is 5.97 Å².